The third-order valence-electron chi connectivity index (χ3n) is 6.42. The van der Waals surface area contributed by atoms with Gasteiger partial charge >= 0.3 is 18.0 Å². The molecule has 0 aromatic heterocycles. The first-order valence-electron chi connectivity index (χ1n) is 11.4. The Morgan fingerprint density at radius 2 is 1.20 bits per heavy atom. The first-order valence-corrected chi connectivity index (χ1v) is 11.4. The number of unbranched alkanes of at least 4 members (excludes halogenated alkanes) is 2. The van der Waals surface area contributed by atoms with Crippen molar-refractivity contribution in [1.82, 2.24) is 21.3 Å². The molecule has 0 unspecified atom stereocenters. The molecular weight excluding hydrogens is 388 g/mol. The Bertz CT molecular complexity index is 502. The average Bonchev–Trinajstić information content (AvgIpc) is 3.41. The number of aliphatic carboxylic acids is 2. The van der Waals surface area contributed by atoms with Crippen LogP contribution in [0.25, 0.3) is 0 Å². The van der Waals surface area contributed by atoms with Crippen molar-refractivity contribution in [3.63, 3.8) is 0 Å². The minimum Gasteiger partial charge on any atom is -0.481 e. The molecule has 30 heavy (non-hydrogen) atoms. The van der Waals surface area contributed by atoms with Gasteiger partial charge in [-0.05, 0) is 76.5 Å². The topological polar surface area (TPSA) is 140 Å². The van der Waals surface area contributed by atoms with E-state index in [9.17, 15) is 24.6 Å². The summed E-state index contributed by atoms with van der Waals surface area (Å²) in [4.78, 5) is 34.7. The van der Waals surface area contributed by atoms with E-state index in [0.29, 0.717) is 25.9 Å². The number of hydrogen-bond donors (Lipinski definition) is 6. The van der Waals surface area contributed by atoms with E-state index >= 15 is 0 Å². The van der Waals surface area contributed by atoms with Gasteiger partial charge in [0.1, 0.15) is 0 Å². The molecular formula is C21H38N4O5. The van der Waals surface area contributed by atoms with Crippen molar-refractivity contribution in [2.24, 2.45) is 23.7 Å². The Hall–Kier alpha value is -1.87. The predicted molar refractivity (Wildman–Crippen MR) is 113 cm³/mol. The Balaban J connectivity index is 1.48. The minimum atomic E-state index is -0.719. The highest BCUT2D eigenvalue weighted by atomic mass is 16.4. The summed E-state index contributed by atoms with van der Waals surface area (Å²) in [6.45, 7) is 4.40. The fourth-order valence-corrected chi connectivity index (χ4v) is 4.61. The third-order valence-corrected chi connectivity index (χ3v) is 6.42. The highest BCUT2D eigenvalue weighted by Crippen LogP contribution is 2.25. The summed E-state index contributed by atoms with van der Waals surface area (Å²) < 4.78 is 0. The number of amides is 2. The zero-order valence-electron chi connectivity index (χ0n) is 17.8. The van der Waals surface area contributed by atoms with Gasteiger partial charge in [-0.1, -0.05) is 12.8 Å². The first-order chi connectivity index (χ1) is 14.5. The van der Waals surface area contributed by atoms with Gasteiger partial charge in [0.25, 0.3) is 0 Å². The molecule has 2 fully saturated rings. The Morgan fingerprint density at radius 3 is 1.53 bits per heavy atom. The lowest BCUT2D eigenvalue weighted by Gasteiger charge is -2.18. The molecule has 6 N–H and O–H groups in total. The SMILES string of the molecule is O=C(NCCCC[C@H](C(=O)O)[C@H]1CCNC1)NCCCC[C@H](C(=O)O)[C@H]1CCNC1. The van der Waals surface area contributed by atoms with Gasteiger partial charge in [-0.2, -0.15) is 0 Å². The molecule has 0 spiro atoms. The fraction of sp³-hybridized carbons (Fsp3) is 0.857. The summed E-state index contributed by atoms with van der Waals surface area (Å²) in [5, 5.41) is 30.9. The lowest BCUT2D eigenvalue weighted by atomic mass is 9.87. The van der Waals surface area contributed by atoms with Gasteiger partial charge in [-0.15, -0.1) is 0 Å². The van der Waals surface area contributed by atoms with Gasteiger partial charge in [-0.25, -0.2) is 4.79 Å². The van der Waals surface area contributed by atoms with Crippen LogP contribution in [0.3, 0.4) is 0 Å². The molecule has 0 radical (unpaired) electrons. The normalized spacial score (nSPS) is 23.1. The fourth-order valence-electron chi connectivity index (χ4n) is 4.61. The number of urea groups is 1. The molecule has 4 atom stereocenters. The van der Waals surface area contributed by atoms with Crippen LogP contribution in [0.1, 0.15) is 51.4 Å². The highest BCUT2D eigenvalue weighted by Gasteiger charge is 2.30. The molecule has 0 aromatic rings. The van der Waals surface area contributed by atoms with Gasteiger partial charge in [0, 0.05) is 13.1 Å². The van der Waals surface area contributed by atoms with Gasteiger partial charge < -0.3 is 31.5 Å². The summed E-state index contributed by atoms with van der Waals surface area (Å²) in [7, 11) is 0. The van der Waals surface area contributed by atoms with Crippen molar-refractivity contribution < 1.29 is 24.6 Å². The summed E-state index contributed by atoms with van der Waals surface area (Å²) in [5.74, 6) is -1.62. The molecule has 2 amide bonds. The van der Waals surface area contributed by atoms with Crippen molar-refractivity contribution >= 4 is 18.0 Å². The second-order valence-corrected chi connectivity index (χ2v) is 8.57. The van der Waals surface area contributed by atoms with E-state index in [2.05, 4.69) is 21.3 Å². The second-order valence-electron chi connectivity index (χ2n) is 8.57. The molecule has 9 heteroatoms. The average molecular weight is 427 g/mol. The van der Waals surface area contributed by atoms with Crippen LogP contribution in [-0.4, -0.2) is 67.5 Å². The zero-order valence-corrected chi connectivity index (χ0v) is 17.8. The lowest BCUT2D eigenvalue weighted by molar-refractivity contribution is -0.144. The van der Waals surface area contributed by atoms with Crippen LogP contribution in [-0.2, 0) is 9.59 Å². The van der Waals surface area contributed by atoms with E-state index in [1.165, 1.54) is 0 Å². The van der Waals surface area contributed by atoms with E-state index in [-0.39, 0.29) is 29.7 Å². The molecule has 0 bridgehead atoms. The van der Waals surface area contributed by atoms with Gasteiger partial charge in [-0.3, -0.25) is 9.59 Å². The summed E-state index contributed by atoms with van der Waals surface area (Å²) >= 11 is 0. The molecule has 2 saturated heterocycles. The number of rotatable bonds is 14. The molecule has 2 aliphatic heterocycles. The number of carboxylic acids is 2. The smallest absolute Gasteiger partial charge is 0.314 e. The Kier molecular flexibility index (Phi) is 10.9. The van der Waals surface area contributed by atoms with Crippen LogP contribution in [0, 0.1) is 23.7 Å². The second kappa shape index (κ2) is 13.4. The predicted octanol–water partition coefficient (Wildman–Crippen LogP) is 1.25. The molecule has 0 saturated carbocycles. The maximum absolute atomic E-state index is 11.8. The summed E-state index contributed by atoms with van der Waals surface area (Å²) in [5.41, 5.74) is 0. The molecule has 0 aromatic carbocycles. The van der Waals surface area contributed by atoms with Crippen molar-refractivity contribution in [2.75, 3.05) is 39.3 Å². The molecule has 2 aliphatic rings. The van der Waals surface area contributed by atoms with E-state index in [0.717, 1.165) is 64.7 Å². The van der Waals surface area contributed by atoms with Crippen LogP contribution in [0.2, 0.25) is 0 Å². The van der Waals surface area contributed by atoms with Crippen LogP contribution in [0.4, 0.5) is 4.79 Å². The van der Waals surface area contributed by atoms with Crippen molar-refractivity contribution in [2.45, 2.75) is 51.4 Å². The van der Waals surface area contributed by atoms with E-state index in [4.69, 9.17) is 0 Å². The van der Waals surface area contributed by atoms with E-state index in [1.54, 1.807) is 0 Å². The van der Waals surface area contributed by atoms with Gasteiger partial charge in [0.2, 0.25) is 0 Å². The summed E-state index contributed by atoms with van der Waals surface area (Å²) in [6, 6.07) is -0.223. The standard InChI is InChI=1S/C21H38N4O5/c26-19(27)17(15-7-11-22-13-15)5-1-3-9-24-21(30)25-10-4-2-6-18(20(28)29)16-8-12-23-14-16/h15-18,22-23H,1-14H2,(H,26,27)(H,28,29)(H2,24,25,30)/t15-,16-,17-,18-/m0/s1. The Labute approximate surface area is 178 Å². The van der Waals surface area contributed by atoms with Crippen LogP contribution in [0.5, 0.6) is 0 Å². The monoisotopic (exact) mass is 426 g/mol. The maximum atomic E-state index is 11.8. The zero-order chi connectivity index (χ0) is 21.8. The molecule has 2 rings (SSSR count). The highest BCUT2D eigenvalue weighted by molar-refractivity contribution is 5.73. The van der Waals surface area contributed by atoms with Crippen LogP contribution >= 0.6 is 0 Å². The largest absolute Gasteiger partial charge is 0.481 e. The van der Waals surface area contributed by atoms with E-state index in [1.807, 2.05) is 0 Å². The number of hydrogen-bond acceptors (Lipinski definition) is 5. The molecule has 2 heterocycles. The van der Waals surface area contributed by atoms with Gasteiger partial charge in [0.15, 0.2) is 0 Å². The number of carbonyl (C=O) groups excluding carboxylic acids is 1. The molecule has 9 nitrogen and oxygen atoms in total. The molecule has 172 valence electrons. The maximum Gasteiger partial charge on any atom is 0.314 e. The third kappa shape index (κ3) is 8.47. The first kappa shape index (κ1) is 24.4. The molecule has 0 aliphatic carbocycles. The van der Waals surface area contributed by atoms with Crippen molar-refractivity contribution in [3.8, 4) is 0 Å². The quantitative estimate of drug-likeness (QED) is 0.230. The van der Waals surface area contributed by atoms with Crippen LogP contribution < -0.4 is 21.3 Å². The van der Waals surface area contributed by atoms with Gasteiger partial charge in [0.05, 0.1) is 11.8 Å². The van der Waals surface area contributed by atoms with E-state index < -0.39 is 11.9 Å². The Morgan fingerprint density at radius 1 is 0.767 bits per heavy atom. The van der Waals surface area contributed by atoms with Crippen molar-refractivity contribution in [3.05, 3.63) is 0 Å². The van der Waals surface area contributed by atoms with Crippen LogP contribution in [0.15, 0.2) is 0 Å². The lowest BCUT2D eigenvalue weighted by Crippen LogP contribution is -2.36. The number of carbonyl (C=O) groups is 3. The van der Waals surface area contributed by atoms with Crippen molar-refractivity contribution in [1.29, 1.82) is 0 Å². The summed E-state index contributed by atoms with van der Waals surface area (Å²) in [6.07, 6.45) is 6.20. The number of nitrogens with one attached hydrogen (secondary N) is 4. The minimum absolute atomic E-state index is 0.212. The number of carboxylic acid groups (broad SMARTS) is 2.